The third kappa shape index (κ3) is 9.77. The van der Waals surface area contributed by atoms with E-state index in [4.69, 9.17) is 4.74 Å². The maximum atomic E-state index is 11.7. The summed E-state index contributed by atoms with van der Waals surface area (Å²) in [5, 5.41) is 6.26. The number of hydrogen-bond acceptors (Lipinski definition) is 4. The van der Waals surface area contributed by atoms with Gasteiger partial charge in [0.25, 0.3) is 0 Å². The zero-order chi connectivity index (χ0) is 13.2. The SMILES string of the molecule is CCCN(CC)CCNC(=O)CC1COCCN1.Cl.Cl. The van der Waals surface area contributed by atoms with Gasteiger partial charge in [-0.15, -0.1) is 24.8 Å². The van der Waals surface area contributed by atoms with Crippen molar-refractivity contribution in [2.75, 3.05) is 45.9 Å². The molecule has 1 fully saturated rings. The molecule has 7 heteroatoms. The third-order valence-electron chi connectivity index (χ3n) is 3.17. The topological polar surface area (TPSA) is 53.6 Å². The van der Waals surface area contributed by atoms with Crippen molar-refractivity contribution in [3.05, 3.63) is 0 Å². The lowest BCUT2D eigenvalue weighted by Gasteiger charge is -2.24. The molecular formula is C13H29Cl2N3O2. The maximum Gasteiger partial charge on any atom is 0.221 e. The molecule has 122 valence electrons. The second-order valence-electron chi connectivity index (χ2n) is 4.71. The summed E-state index contributed by atoms with van der Waals surface area (Å²) in [6.07, 6.45) is 1.67. The van der Waals surface area contributed by atoms with Crippen LogP contribution in [0, 0.1) is 0 Å². The Morgan fingerprint density at radius 2 is 2.10 bits per heavy atom. The summed E-state index contributed by atoms with van der Waals surface area (Å²) in [7, 11) is 0. The molecule has 1 amide bonds. The van der Waals surface area contributed by atoms with Crippen molar-refractivity contribution in [1.82, 2.24) is 15.5 Å². The number of nitrogens with one attached hydrogen (secondary N) is 2. The molecule has 1 aliphatic rings. The molecule has 0 bridgehead atoms. The molecule has 1 heterocycles. The van der Waals surface area contributed by atoms with Crippen molar-refractivity contribution in [3.8, 4) is 0 Å². The largest absolute Gasteiger partial charge is 0.378 e. The molecule has 20 heavy (non-hydrogen) atoms. The monoisotopic (exact) mass is 329 g/mol. The smallest absolute Gasteiger partial charge is 0.221 e. The van der Waals surface area contributed by atoms with Crippen LogP contribution in [0.15, 0.2) is 0 Å². The Labute approximate surface area is 135 Å². The Kier molecular flexibility index (Phi) is 15.4. The molecule has 0 radical (unpaired) electrons. The number of halogens is 2. The van der Waals surface area contributed by atoms with Gasteiger partial charge < -0.3 is 20.3 Å². The van der Waals surface area contributed by atoms with E-state index < -0.39 is 0 Å². The quantitative estimate of drug-likeness (QED) is 0.699. The van der Waals surface area contributed by atoms with Gasteiger partial charge in [-0.05, 0) is 19.5 Å². The van der Waals surface area contributed by atoms with Gasteiger partial charge >= 0.3 is 0 Å². The van der Waals surface area contributed by atoms with E-state index in [0.717, 1.165) is 45.8 Å². The molecule has 5 nitrogen and oxygen atoms in total. The molecule has 0 spiro atoms. The van der Waals surface area contributed by atoms with Crippen LogP contribution >= 0.6 is 24.8 Å². The predicted octanol–water partition coefficient (Wildman–Crippen LogP) is 1.06. The van der Waals surface area contributed by atoms with Gasteiger partial charge in [-0.1, -0.05) is 13.8 Å². The van der Waals surface area contributed by atoms with Crippen LogP contribution in [0.1, 0.15) is 26.7 Å². The molecule has 0 aliphatic carbocycles. The fourth-order valence-electron chi connectivity index (χ4n) is 2.14. The van der Waals surface area contributed by atoms with Gasteiger partial charge in [-0.2, -0.15) is 0 Å². The number of amides is 1. The lowest BCUT2D eigenvalue weighted by atomic mass is 10.2. The third-order valence-corrected chi connectivity index (χ3v) is 3.17. The first-order valence-electron chi connectivity index (χ1n) is 7.06. The highest BCUT2D eigenvalue weighted by molar-refractivity contribution is 5.85. The minimum Gasteiger partial charge on any atom is -0.378 e. The van der Waals surface area contributed by atoms with Gasteiger partial charge in [0.15, 0.2) is 0 Å². The number of nitrogens with zero attached hydrogens (tertiary/aromatic N) is 1. The summed E-state index contributed by atoms with van der Waals surface area (Å²) in [6.45, 7) is 10.4. The number of rotatable bonds is 8. The fraction of sp³-hybridized carbons (Fsp3) is 0.923. The fourth-order valence-corrected chi connectivity index (χ4v) is 2.14. The molecule has 1 unspecified atom stereocenters. The van der Waals surface area contributed by atoms with E-state index in [0.29, 0.717) is 13.0 Å². The van der Waals surface area contributed by atoms with Crippen molar-refractivity contribution >= 4 is 30.7 Å². The van der Waals surface area contributed by atoms with Gasteiger partial charge in [0.05, 0.1) is 13.2 Å². The molecular weight excluding hydrogens is 301 g/mol. The van der Waals surface area contributed by atoms with Crippen LogP contribution < -0.4 is 10.6 Å². The number of hydrogen-bond donors (Lipinski definition) is 2. The number of likely N-dealkylation sites (N-methyl/N-ethyl adjacent to an activating group) is 1. The molecule has 1 atom stereocenters. The highest BCUT2D eigenvalue weighted by Gasteiger charge is 2.16. The van der Waals surface area contributed by atoms with Crippen LogP contribution in [-0.4, -0.2) is 62.8 Å². The zero-order valence-electron chi connectivity index (χ0n) is 12.5. The van der Waals surface area contributed by atoms with Crippen molar-refractivity contribution in [2.24, 2.45) is 0 Å². The zero-order valence-corrected chi connectivity index (χ0v) is 14.2. The average Bonchev–Trinajstić information content (AvgIpc) is 2.39. The van der Waals surface area contributed by atoms with E-state index in [1.165, 1.54) is 0 Å². The van der Waals surface area contributed by atoms with Crippen molar-refractivity contribution in [1.29, 1.82) is 0 Å². The Bertz CT molecular complexity index is 240. The van der Waals surface area contributed by atoms with Crippen LogP contribution in [-0.2, 0) is 9.53 Å². The van der Waals surface area contributed by atoms with Crippen LogP contribution in [0.3, 0.4) is 0 Å². The van der Waals surface area contributed by atoms with Crippen molar-refractivity contribution < 1.29 is 9.53 Å². The summed E-state index contributed by atoms with van der Waals surface area (Å²) in [5.74, 6) is 0.116. The molecule has 1 aliphatic heterocycles. The maximum absolute atomic E-state index is 11.7. The Morgan fingerprint density at radius 3 is 2.65 bits per heavy atom. The highest BCUT2D eigenvalue weighted by atomic mass is 35.5. The van der Waals surface area contributed by atoms with Gasteiger partial charge in [0.1, 0.15) is 0 Å². The minimum absolute atomic E-state index is 0. The van der Waals surface area contributed by atoms with Gasteiger partial charge in [-0.3, -0.25) is 4.79 Å². The van der Waals surface area contributed by atoms with Crippen molar-refractivity contribution in [2.45, 2.75) is 32.7 Å². The van der Waals surface area contributed by atoms with Gasteiger partial charge in [0, 0.05) is 32.1 Å². The van der Waals surface area contributed by atoms with E-state index in [-0.39, 0.29) is 36.8 Å². The standard InChI is InChI=1S/C13H27N3O2.2ClH/c1-3-7-16(4-2)8-5-15-13(17)10-12-11-18-9-6-14-12;;/h12,14H,3-11H2,1-2H3,(H,15,17);2*1H. The Balaban J connectivity index is 0. The average molecular weight is 330 g/mol. The number of morpholine rings is 1. The second kappa shape index (κ2) is 13.9. The lowest BCUT2D eigenvalue weighted by molar-refractivity contribution is -0.122. The molecule has 1 rings (SSSR count). The molecule has 0 aromatic heterocycles. The van der Waals surface area contributed by atoms with Gasteiger partial charge in [0.2, 0.25) is 5.91 Å². The molecule has 0 aromatic carbocycles. The summed E-state index contributed by atoms with van der Waals surface area (Å²) in [5.41, 5.74) is 0. The van der Waals surface area contributed by atoms with E-state index in [9.17, 15) is 4.79 Å². The summed E-state index contributed by atoms with van der Waals surface area (Å²) in [4.78, 5) is 14.1. The van der Waals surface area contributed by atoms with Crippen LogP contribution in [0.4, 0.5) is 0 Å². The Hall–Kier alpha value is -0.0700. The molecule has 1 saturated heterocycles. The van der Waals surface area contributed by atoms with E-state index in [1.807, 2.05) is 0 Å². The molecule has 0 aromatic rings. The summed E-state index contributed by atoms with van der Waals surface area (Å²) < 4.78 is 5.32. The number of ether oxygens (including phenoxy) is 1. The number of carbonyl (C=O) groups is 1. The first kappa shape index (κ1) is 22.2. The predicted molar refractivity (Wildman–Crippen MR) is 87.1 cm³/mol. The first-order valence-corrected chi connectivity index (χ1v) is 7.06. The first-order chi connectivity index (χ1) is 8.76. The lowest BCUT2D eigenvalue weighted by Crippen LogP contribution is -2.45. The minimum atomic E-state index is 0. The normalized spacial score (nSPS) is 18.1. The highest BCUT2D eigenvalue weighted by Crippen LogP contribution is 1.98. The van der Waals surface area contributed by atoms with Crippen LogP contribution in [0.25, 0.3) is 0 Å². The molecule has 2 N–H and O–H groups in total. The summed E-state index contributed by atoms with van der Waals surface area (Å²) in [6, 6.07) is 0.177. The molecule has 0 saturated carbocycles. The second-order valence-corrected chi connectivity index (χ2v) is 4.71. The number of carbonyl (C=O) groups excluding carboxylic acids is 1. The van der Waals surface area contributed by atoms with E-state index >= 15 is 0 Å². The van der Waals surface area contributed by atoms with Crippen LogP contribution in [0.5, 0.6) is 0 Å². The van der Waals surface area contributed by atoms with E-state index in [1.54, 1.807) is 0 Å². The summed E-state index contributed by atoms with van der Waals surface area (Å²) >= 11 is 0. The van der Waals surface area contributed by atoms with Crippen molar-refractivity contribution in [3.63, 3.8) is 0 Å². The van der Waals surface area contributed by atoms with Gasteiger partial charge in [-0.25, -0.2) is 0 Å². The van der Waals surface area contributed by atoms with Crippen LogP contribution in [0.2, 0.25) is 0 Å². The van der Waals surface area contributed by atoms with E-state index in [2.05, 4.69) is 29.4 Å². The Morgan fingerprint density at radius 1 is 1.35 bits per heavy atom.